The van der Waals surface area contributed by atoms with Crippen LogP contribution in [-0.2, 0) is 9.59 Å². The number of primary amides is 1. The van der Waals surface area contributed by atoms with E-state index in [1.807, 2.05) is 0 Å². The lowest BCUT2D eigenvalue weighted by Crippen LogP contribution is -2.39. The second-order valence-electron chi connectivity index (χ2n) is 6.98. The second-order valence-corrected chi connectivity index (χ2v) is 6.98. The third-order valence-electron chi connectivity index (χ3n) is 4.79. The highest BCUT2D eigenvalue weighted by Crippen LogP contribution is 2.31. The van der Waals surface area contributed by atoms with Gasteiger partial charge in [0.05, 0.1) is 17.9 Å². The summed E-state index contributed by atoms with van der Waals surface area (Å²) < 4.78 is 0. The van der Waals surface area contributed by atoms with Crippen molar-refractivity contribution in [2.45, 2.75) is 19.8 Å². The van der Waals surface area contributed by atoms with Crippen molar-refractivity contribution in [3.8, 4) is 0 Å². The van der Waals surface area contributed by atoms with Gasteiger partial charge in [0.15, 0.2) is 0 Å². The van der Waals surface area contributed by atoms with Gasteiger partial charge in [-0.05, 0) is 37.0 Å². The number of amides is 5. The standard InChI is InChI=1S/C18H23N5O4/c1-11-3-2-6-22(9-11)14-5-4-12(17(19)26)7-13(14)21-15(24)10-23-16(25)8-20-18(23)27/h4-5,7,11H,2-3,6,8-10H2,1H3,(H2,19,26)(H,20,27)(H,21,24)/t11-/m1/s1. The van der Waals surface area contributed by atoms with Crippen molar-refractivity contribution in [3.05, 3.63) is 23.8 Å². The number of hydrogen-bond acceptors (Lipinski definition) is 5. The van der Waals surface area contributed by atoms with Crippen LogP contribution < -0.4 is 21.3 Å². The number of anilines is 2. The Labute approximate surface area is 156 Å². The first kappa shape index (κ1) is 18.7. The molecule has 2 aliphatic heterocycles. The van der Waals surface area contributed by atoms with Crippen molar-refractivity contribution in [2.75, 3.05) is 36.4 Å². The van der Waals surface area contributed by atoms with E-state index in [1.165, 1.54) is 6.07 Å². The molecule has 5 amide bonds. The number of nitrogens with one attached hydrogen (secondary N) is 2. The minimum Gasteiger partial charge on any atom is -0.370 e. The maximum atomic E-state index is 12.4. The van der Waals surface area contributed by atoms with Crippen LogP contribution in [0.4, 0.5) is 16.2 Å². The third-order valence-corrected chi connectivity index (χ3v) is 4.79. The Hall–Kier alpha value is -3.10. The largest absolute Gasteiger partial charge is 0.370 e. The summed E-state index contributed by atoms with van der Waals surface area (Å²) in [7, 11) is 0. The second kappa shape index (κ2) is 7.65. The highest BCUT2D eigenvalue weighted by atomic mass is 16.2. The fourth-order valence-electron chi connectivity index (χ4n) is 3.42. The number of piperidine rings is 1. The van der Waals surface area contributed by atoms with Crippen LogP contribution in [0.2, 0.25) is 0 Å². The van der Waals surface area contributed by atoms with Crippen molar-refractivity contribution in [2.24, 2.45) is 11.7 Å². The molecule has 27 heavy (non-hydrogen) atoms. The van der Waals surface area contributed by atoms with E-state index in [-0.39, 0.29) is 18.7 Å². The topological polar surface area (TPSA) is 125 Å². The Kier molecular flexibility index (Phi) is 5.29. The minimum atomic E-state index is -0.599. The van der Waals surface area contributed by atoms with Crippen LogP contribution in [0.1, 0.15) is 30.1 Å². The highest BCUT2D eigenvalue weighted by Gasteiger charge is 2.30. The predicted octanol–water partition coefficient (Wildman–Crippen LogP) is 0.512. The van der Waals surface area contributed by atoms with E-state index in [0.29, 0.717) is 11.6 Å². The molecule has 0 aliphatic carbocycles. The molecule has 0 radical (unpaired) electrons. The first-order chi connectivity index (χ1) is 12.8. The molecular formula is C18H23N5O4. The average molecular weight is 373 g/mol. The summed E-state index contributed by atoms with van der Waals surface area (Å²) in [6.07, 6.45) is 2.18. The normalized spacial score (nSPS) is 19.8. The molecule has 144 valence electrons. The van der Waals surface area contributed by atoms with Gasteiger partial charge in [-0.15, -0.1) is 0 Å². The van der Waals surface area contributed by atoms with E-state index in [1.54, 1.807) is 12.1 Å². The number of benzene rings is 1. The van der Waals surface area contributed by atoms with Gasteiger partial charge in [0, 0.05) is 18.7 Å². The molecule has 0 spiro atoms. The number of carbonyl (C=O) groups is 4. The molecular weight excluding hydrogens is 350 g/mol. The summed E-state index contributed by atoms with van der Waals surface area (Å²) in [6, 6.07) is 4.33. The van der Waals surface area contributed by atoms with Gasteiger partial charge >= 0.3 is 6.03 Å². The van der Waals surface area contributed by atoms with Crippen molar-refractivity contribution in [1.82, 2.24) is 10.2 Å². The lowest BCUT2D eigenvalue weighted by atomic mass is 9.99. The Morgan fingerprint density at radius 2 is 2.11 bits per heavy atom. The van der Waals surface area contributed by atoms with Crippen molar-refractivity contribution in [3.63, 3.8) is 0 Å². The molecule has 0 unspecified atom stereocenters. The van der Waals surface area contributed by atoms with E-state index in [4.69, 9.17) is 5.73 Å². The zero-order valence-corrected chi connectivity index (χ0v) is 15.2. The van der Waals surface area contributed by atoms with Gasteiger partial charge in [0.2, 0.25) is 11.8 Å². The SMILES string of the molecule is C[C@@H]1CCCN(c2ccc(C(N)=O)cc2NC(=O)CN2C(=O)CNC2=O)C1. The molecule has 1 aromatic carbocycles. The quantitative estimate of drug-likeness (QED) is 0.649. The molecule has 0 bridgehead atoms. The van der Waals surface area contributed by atoms with Gasteiger partial charge in [-0.3, -0.25) is 19.3 Å². The van der Waals surface area contributed by atoms with Crippen molar-refractivity contribution >= 4 is 35.1 Å². The molecule has 4 N–H and O–H groups in total. The number of hydrogen-bond donors (Lipinski definition) is 3. The maximum Gasteiger partial charge on any atom is 0.325 e. The lowest BCUT2D eigenvalue weighted by molar-refractivity contribution is -0.128. The maximum absolute atomic E-state index is 12.4. The van der Waals surface area contributed by atoms with Gasteiger partial charge in [0.1, 0.15) is 6.54 Å². The van der Waals surface area contributed by atoms with Gasteiger partial charge in [-0.25, -0.2) is 4.79 Å². The Bertz CT molecular complexity index is 778. The van der Waals surface area contributed by atoms with Gasteiger partial charge in [0.25, 0.3) is 5.91 Å². The van der Waals surface area contributed by atoms with Crippen molar-refractivity contribution < 1.29 is 19.2 Å². The van der Waals surface area contributed by atoms with Crippen LogP contribution >= 0.6 is 0 Å². The average Bonchev–Trinajstić information content (AvgIpc) is 2.93. The summed E-state index contributed by atoms with van der Waals surface area (Å²) in [4.78, 5) is 50.2. The van der Waals surface area contributed by atoms with E-state index in [2.05, 4.69) is 22.5 Å². The molecule has 9 nitrogen and oxygen atoms in total. The summed E-state index contributed by atoms with van der Waals surface area (Å²) in [5.41, 5.74) is 6.86. The molecule has 9 heteroatoms. The van der Waals surface area contributed by atoms with Gasteiger partial charge in [-0.2, -0.15) is 0 Å². The number of nitrogens with two attached hydrogens (primary N) is 1. The number of carbonyl (C=O) groups excluding carboxylic acids is 4. The zero-order valence-electron chi connectivity index (χ0n) is 15.2. The molecule has 1 aromatic rings. The highest BCUT2D eigenvalue weighted by molar-refractivity contribution is 6.07. The van der Waals surface area contributed by atoms with Crippen LogP contribution in [-0.4, -0.2) is 54.8 Å². The Morgan fingerprint density at radius 1 is 1.33 bits per heavy atom. The van der Waals surface area contributed by atoms with Gasteiger partial charge < -0.3 is 21.3 Å². The molecule has 2 fully saturated rings. The van der Waals surface area contributed by atoms with Crippen LogP contribution in [0.25, 0.3) is 0 Å². The summed E-state index contributed by atoms with van der Waals surface area (Å²) in [5.74, 6) is -1.05. The van der Waals surface area contributed by atoms with E-state index >= 15 is 0 Å². The molecule has 0 aromatic heterocycles. The monoisotopic (exact) mass is 373 g/mol. The Morgan fingerprint density at radius 3 is 2.74 bits per heavy atom. The smallest absolute Gasteiger partial charge is 0.325 e. The van der Waals surface area contributed by atoms with E-state index < -0.39 is 23.8 Å². The first-order valence-corrected chi connectivity index (χ1v) is 8.92. The minimum absolute atomic E-state index is 0.111. The first-order valence-electron chi connectivity index (χ1n) is 8.92. The molecule has 2 saturated heterocycles. The number of rotatable bonds is 5. The summed E-state index contributed by atoms with van der Waals surface area (Å²) in [5, 5.41) is 5.09. The summed E-state index contributed by atoms with van der Waals surface area (Å²) in [6.45, 7) is 3.35. The molecule has 1 atom stereocenters. The molecule has 0 saturated carbocycles. The molecule has 2 aliphatic rings. The van der Waals surface area contributed by atoms with E-state index in [0.717, 1.165) is 36.5 Å². The van der Waals surface area contributed by atoms with Gasteiger partial charge in [-0.1, -0.05) is 6.92 Å². The Balaban J connectivity index is 1.82. The van der Waals surface area contributed by atoms with Crippen LogP contribution in [0.15, 0.2) is 18.2 Å². The van der Waals surface area contributed by atoms with Crippen LogP contribution in [0.5, 0.6) is 0 Å². The number of urea groups is 1. The molecule has 2 heterocycles. The van der Waals surface area contributed by atoms with E-state index in [9.17, 15) is 19.2 Å². The number of imide groups is 1. The third kappa shape index (κ3) is 4.18. The zero-order chi connectivity index (χ0) is 19.6. The summed E-state index contributed by atoms with van der Waals surface area (Å²) >= 11 is 0. The van der Waals surface area contributed by atoms with Crippen LogP contribution in [0.3, 0.4) is 0 Å². The van der Waals surface area contributed by atoms with Crippen molar-refractivity contribution in [1.29, 1.82) is 0 Å². The lowest BCUT2D eigenvalue weighted by Gasteiger charge is -2.34. The molecule has 3 rings (SSSR count). The predicted molar refractivity (Wildman–Crippen MR) is 99.3 cm³/mol. The fourth-order valence-corrected chi connectivity index (χ4v) is 3.42. The van der Waals surface area contributed by atoms with Crippen LogP contribution in [0, 0.1) is 5.92 Å². The fraction of sp³-hybridized carbons (Fsp3) is 0.444. The number of nitrogens with zero attached hydrogens (tertiary/aromatic N) is 2.